The first-order valence-electron chi connectivity index (χ1n) is 6.68. The molecule has 4 nitrogen and oxygen atoms in total. The summed E-state index contributed by atoms with van der Waals surface area (Å²) in [6, 6.07) is 9.54. The van der Waals surface area contributed by atoms with Gasteiger partial charge in [-0.15, -0.1) is 0 Å². The molecule has 2 rings (SSSR count). The van der Waals surface area contributed by atoms with Gasteiger partial charge in [-0.2, -0.15) is 0 Å². The standard InChI is InChI=1S/C16H20N2O2/c1-4-13(17)14-7-6-12(10-18-14)20-15-8-5-11(2)9-16(15)19-3/h5-10,13H,4,17H2,1-3H3. The highest BCUT2D eigenvalue weighted by atomic mass is 16.5. The van der Waals surface area contributed by atoms with Crippen molar-refractivity contribution in [3.8, 4) is 17.2 Å². The number of aryl methyl sites for hydroxylation is 1. The summed E-state index contributed by atoms with van der Waals surface area (Å²) in [5.41, 5.74) is 7.93. The fourth-order valence-corrected chi connectivity index (χ4v) is 1.87. The van der Waals surface area contributed by atoms with Crippen molar-refractivity contribution < 1.29 is 9.47 Å². The van der Waals surface area contributed by atoms with Gasteiger partial charge in [0.2, 0.25) is 0 Å². The van der Waals surface area contributed by atoms with Gasteiger partial charge in [0.15, 0.2) is 11.5 Å². The van der Waals surface area contributed by atoms with E-state index in [1.807, 2.05) is 44.2 Å². The second kappa shape index (κ2) is 6.39. The van der Waals surface area contributed by atoms with Gasteiger partial charge in [-0.05, 0) is 43.2 Å². The molecule has 0 fully saturated rings. The molecule has 0 radical (unpaired) electrons. The average Bonchev–Trinajstić information content (AvgIpc) is 2.49. The largest absolute Gasteiger partial charge is 0.493 e. The molecule has 1 atom stereocenters. The van der Waals surface area contributed by atoms with Crippen LogP contribution in [0.4, 0.5) is 0 Å². The maximum atomic E-state index is 5.94. The number of benzene rings is 1. The number of aromatic nitrogens is 1. The quantitative estimate of drug-likeness (QED) is 0.903. The van der Waals surface area contributed by atoms with E-state index in [0.29, 0.717) is 17.2 Å². The van der Waals surface area contributed by atoms with Gasteiger partial charge in [-0.3, -0.25) is 4.98 Å². The van der Waals surface area contributed by atoms with E-state index in [9.17, 15) is 0 Å². The molecule has 4 heteroatoms. The Hall–Kier alpha value is -2.07. The van der Waals surface area contributed by atoms with Crippen molar-refractivity contribution in [2.75, 3.05) is 7.11 Å². The summed E-state index contributed by atoms with van der Waals surface area (Å²) in [7, 11) is 1.63. The van der Waals surface area contributed by atoms with Crippen LogP contribution in [0.1, 0.15) is 30.6 Å². The number of hydrogen-bond donors (Lipinski definition) is 1. The molecular weight excluding hydrogens is 252 g/mol. The van der Waals surface area contributed by atoms with Gasteiger partial charge >= 0.3 is 0 Å². The van der Waals surface area contributed by atoms with Crippen LogP contribution in [0, 0.1) is 6.92 Å². The lowest BCUT2D eigenvalue weighted by Gasteiger charge is -2.12. The van der Waals surface area contributed by atoms with Crippen LogP contribution in [0.5, 0.6) is 17.2 Å². The zero-order valence-corrected chi connectivity index (χ0v) is 12.1. The summed E-state index contributed by atoms with van der Waals surface area (Å²) in [5.74, 6) is 2.05. The molecule has 20 heavy (non-hydrogen) atoms. The topological polar surface area (TPSA) is 57.4 Å². The molecule has 0 aliphatic rings. The van der Waals surface area contributed by atoms with Gasteiger partial charge in [0, 0.05) is 6.04 Å². The van der Waals surface area contributed by atoms with Crippen molar-refractivity contribution in [2.45, 2.75) is 26.3 Å². The maximum absolute atomic E-state index is 5.94. The lowest BCUT2D eigenvalue weighted by atomic mass is 10.1. The number of nitrogens with zero attached hydrogens (tertiary/aromatic N) is 1. The first-order chi connectivity index (χ1) is 9.63. The lowest BCUT2D eigenvalue weighted by molar-refractivity contribution is 0.378. The summed E-state index contributed by atoms with van der Waals surface area (Å²) in [6.07, 6.45) is 2.54. The van der Waals surface area contributed by atoms with Crippen LogP contribution in [0.15, 0.2) is 36.5 Å². The van der Waals surface area contributed by atoms with E-state index in [1.54, 1.807) is 13.3 Å². The minimum absolute atomic E-state index is 0.0297. The molecule has 0 saturated carbocycles. The van der Waals surface area contributed by atoms with Crippen LogP contribution >= 0.6 is 0 Å². The van der Waals surface area contributed by atoms with Crippen LogP contribution in [-0.4, -0.2) is 12.1 Å². The zero-order chi connectivity index (χ0) is 14.5. The summed E-state index contributed by atoms with van der Waals surface area (Å²) in [6.45, 7) is 4.04. The van der Waals surface area contributed by atoms with Crippen molar-refractivity contribution in [1.29, 1.82) is 0 Å². The maximum Gasteiger partial charge on any atom is 0.169 e. The molecule has 0 amide bonds. The number of rotatable bonds is 5. The van der Waals surface area contributed by atoms with Crippen molar-refractivity contribution >= 4 is 0 Å². The Morgan fingerprint density at radius 2 is 2.00 bits per heavy atom. The molecule has 1 aromatic heterocycles. The highest BCUT2D eigenvalue weighted by Gasteiger charge is 2.08. The van der Waals surface area contributed by atoms with E-state index in [2.05, 4.69) is 4.98 Å². The van der Waals surface area contributed by atoms with E-state index < -0.39 is 0 Å². The minimum atomic E-state index is -0.0297. The molecule has 0 saturated heterocycles. The van der Waals surface area contributed by atoms with Crippen LogP contribution in [0.3, 0.4) is 0 Å². The molecule has 0 bridgehead atoms. The summed E-state index contributed by atoms with van der Waals surface area (Å²) in [4.78, 5) is 4.33. The summed E-state index contributed by atoms with van der Waals surface area (Å²) >= 11 is 0. The second-order valence-corrected chi connectivity index (χ2v) is 4.69. The highest BCUT2D eigenvalue weighted by molar-refractivity contribution is 5.44. The molecule has 2 N–H and O–H groups in total. The van der Waals surface area contributed by atoms with Crippen molar-refractivity contribution in [3.63, 3.8) is 0 Å². The number of hydrogen-bond acceptors (Lipinski definition) is 4. The molecule has 106 valence electrons. The molecule has 0 aliphatic heterocycles. The zero-order valence-electron chi connectivity index (χ0n) is 12.1. The smallest absolute Gasteiger partial charge is 0.169 e. The van der Waals surface area contributed by atoms with E-state index in [1.165, 1.54) is 0 Å². The van der Waals surface area contributed by atoms with Crippen LogP contribution < -0.4 is 15.2 Å². The van der Waals surface area contributed by atoms with Gasteiger partial charge in [-0.1, -0.05) is 13.0 Å². The fourth-order valence-electron chi connectivity index (χ4n) is 1.87. The van der Waals surface area contributed by atoms with Crippen LogP contribution in [0.25, 0.3) is 0 Å². The van der Waals surface area contributed by atoms with E-state index in [-0.39, 0.29) is 6.04 Å². The number of methoxy groups -OCH3 is 1. The highest BCUT2D eigenvalue weighted by Crippen LogP contribution is 2.32. The molecule has 1 unspecified atom stereocenters. The van der Waals surface area contributed by atoms with Crippen molar-refractivity contribution in [3.05, 3.63) is 47.8 Å². The Labute approximate surface area is 119 Å². The Bertz CT molecular complexity index is 567. The number of pyridine rings is 1. The Morgan fingerprint density at radius 1 is 1.20 bits per heavy atom. The normalized spacial score (nSPS) is 12.0. The predicted molar refractivity (Wildman–Crippen MR) is 79.3 cm³/mol. The predicted octanol–water partition coefficient (Wildman–Crippen LogP) is 3.60. The second-order valence-electron chi connectivity index (χ2n) is 4.69. The molecule has 0 spiro atoms. The molecule has 1 aromatic carbocycles. The summed E-state index contributed by atoms with van der Waals surface area (Å²) in [5, 5.41) is 0. The Balaban J connectivity index is 2.18. The van der Waals surface area contributed by atoms with Gasteiger partial charge in [-0.25, -0.2) is 0 Å². The third-order valence-corrected chi connectivity index (χ3v) is 3.13. The molecule has 1 heterocycles. The minimum Gasteiger partial charge on any atom is -0.493 e. The van der Waals surface area contributed by atoms with Crippen molar-refractivity contribution in [2.24, 2.45) is 5.73 Å². The van der Waals surface area contributed by atoms with E-state index in [4.69, 9.17) is 15.2 Å². The summed E-state index contributed by atoms with van der Waals surface area (Å²) < 4.78 is 11.1. The van der Waals surface area contributed by atoms with Gasteiger partial charge in [0.1, 0.15) is 5.75 Å². The fraction of sp³-hybridized carbons (Fsp3) is 0.312. The average molecular weight is 272 g/mol. The number of ether oxygens (including phenoxy) is 2. The number of nitrogens with two attached hydrogens (primary N) is 1. The van der Waals surface area contributed by atoms with Crippen LogP contribution in [-0.2, 0) is 0 Å². The third kappa shape index (κ3) is 3.27. The van der Waals surface area contributed by atoms with E-state index in [0.717, 1.165) is 17.7 Å². The van der Waals surface area contributed by atoms with E-state index >= 15 is 0 Å². The van der Waals surface area contributed by atoms with Crippen molar-refractivity contribution in [1.82, 2.24) is 4.98 Å². The van der Waals surface area contributed by atoms with Gasteiger partial charge in [0.25, 0.3) is 0 Å². The first kappa shape index (κ1) is 14.3. The Morgan fingerprint density at radius 3 is 2.60 bits per heavy atom. The van der Waals surface area contributed by atoms with Gasteiger partial charge in [0.05, 0.1) is 19.0 Å². The SMILES string of the molecule is CCC(N)c1ccc(Oc2ccc(C)cc2OC)cn1. The van der Waals surface area contributed by atoms with Gasteiger partial charge < -0.3 is 15.2 Å². The molecule has 2 aromatic rings. The Kier molecular flexibility index (Phi) is 4.58. The first-order valence-corrected chi connectivity index (χ1v) is 6.68. The molecular formula is C16H20N2O2. The lowest BCUT2D eigenvalue weighted by Crippen LogP contribution is -2.10. The molecule has 0 aliphatic carbocycles. The van der Waals surface area contributed by atoms with Crippen LogP contribution in [0.2, 0.25) is 0 Å². The third-order valence-electron chi connectivity index (χ3n) is 3.13. The monoisotopic (exact) mass is 272 g/mol.